The van der Waals surface area contributed by atoms with Gasteiger partial charge in [0, 0.05) is 15.7 Å². The highest BCUT2D eigenvalue weighted by molar-refractivity contribution is 14.1. The third-order valence-corrected chi connectivity index (χ3v) is 5.02. The largest absolute Gasteiger partial charge is 1.00 e. The summed E-state index contributed by atoms with van der Waals surface area (Å²) in [5, 5.41) is 19.5. The lowest BCUT2D eigenvalue weighted by atomic mass is 10.2. The zero-order valence-electron chi connectivity index (χ0n) is 14.4. The van der Waals surface area contributed by atoms with Gasteiger partial charge in [-0.25, -0.2) is 0 Å². The van der Waals surface area contributed by atoms with Crippen molar-refractivity contribution in [3.63, 3.8) is 0 Å². The molecule has 0 saturated carbocycles. The van der Waals surface area contributed by atoms with E-state index >= 15 is 0 Å². The Morgan fingerprint density at radius 1 is 0.929 bits per heavy atom. The van der Waals surface area contributed by atoms with Crippen LogP contribution in [-0.2, 0) is 0 Å². The van der Waals surface area contributed by atoms with E-state index in [-0.39, 0.29) is 18.1 Å². The normalized spacial score (nSPS) is 13.1. The summed E-state index contributed by atoms with van der Waals surface area (Å²) in [5.74, 6) is 0.730. The van der Waals surface area contributed by atoms with Crippen molar-refractivity contribution in [2.75, 3.05) is 10.2 Å². The van der Waals surface area contributed by atoms with Gasteiger partial charge in [0.2, 0.25) is 0 Å². The number of nitro groups is 1. The summed E-state index contributed by atoms with van der Waals surface area (Å²) in [5.41, 5.74) is 4.74. The first-order valence-electron chi connectivity index (χ1n) is 8.20. The fourth-order valence-corrected chi connectivity index (χ4v) is 3.42. The number of nitro benzene ring substituents is 1. The molecule has 0 unspecified atom stereocenters. The first kappa shape index (κ1) is 20.1. The lowest BCUT2D eigenvalue weighted by molar-refractivity contribution is -0.545. The van der Waals surface area contributed by atoms with Crippen LogP contribution in [0.25, 0.3) is 0 Å². The molecule has 0 saturated heterocycles. The highest BCUT2D eigenvalue weighted by Gasteiger charge is 2.32. The van der Waals surface area contributed by atoms with Crippen LogP contribution < -0.4 is 28.1 Å². The Balaban J connectivity index is 0.00000225. The summed E-state index contributed by atoms with van der Waals surface area (Å²) in [7, 11) is 0. The van der Waals surface area contributed by atoms with Crippen molar-refractivity contribution in [1.29, 1.82) is 0 Å². The molecule has 2 N–H and O–H groups in total. The van der Waals surface area contributed by atoms with E-state index in [0.29, 0.717) is 0 Å². The van der Waals surface area contributed by atoms with Crippen molar-refractivity contribution < 1.29 is 22.8 Å². The summed E-state index contributed by atoms with van der Waals surface area (Å²) in [4.78, 5) is 10.5. The lowest BCUT2D eigenvalue weighted by Crippen LogP contribution is -3.00. The average Bonchev–Trinajstić information content (AvgIpc) is 3.14. The number of hydrogen-bond acceptors (Lipinski definition) is 5. The number of nitrogens with two attached hydrogens (primary N) is 1. The molecule has 3 aromatic carbocycles. The number of nitrogens with zero attached hydrogens (tertiary/aromatic N) is 4. The number of anilines is 2. The van der Waals surface area contributed by atoms with Crippen molar-refractivity contribution in [2.45, 2.75) is 0 Å². The predicted octanol–water partition coefficient (Wildman–Crippen LogP) is 0.285. The Morgan fingerprint density at radius 2 is 1.57 bits per heavy atom. The molecule has 0 aromatic heterocycles. The van der Waals surface area contributed by atoms with E-state index in [1.54, 1.807) is 12.1 Å². The van der Waals surface area contributed by atoms with Gasteiger partial charge in [-0.05, 0) is 59.0 Å². The maximum absolute atomic E-state index is 10.9. The van der Waals surface area contributed by atoms with Crippen molar-refractivity contribution >= 4 is 45.5 Å². The minimum atomic E-state index is -0.404. The van der Waals surface area contributed by atoms with Gasteiger partial charge in [0.25, 0.3) is 11.5 Å². The quantitative estimate of drug-likeness (QED) is 0.238. The van der Waals surface area contributed by atoms with Gasteiger partial charge < -0.3 is 12.4 Å². The van der Waals surface area contributed by atoms with Crippen LogP contribution in [0.4, 0.5) is 17.1 Å². The molecule has 0 fully saturated rings. The number of hydrazine groups is 1. The third kappa shape index (κ3) is 3.93. The number of hydrazone groups is 1. The number of hydrogen-bond donors (Lipinski definition) is 1. The first-order valence-corrected chi connectivity index (χ1v) is 9.28. The molecule has 28 heavy (non-hydrogen) atoms. The van der Waals surface area contributed by atoms with E-state index in [9.17, 15) is 10.1 Å². The van der Waals surface area contributed by atoms with Crippen LogP contribution in [0.3, 0.4) is 0 Å². The fraction of sp³-hybridized carbons (Fsp3) is 0. The van der Waals surface area contributed by atoms with Crippen LogP contribution in [0.15, 0.2) is 84.0 Å². The van der Waals surface area contributed by atoms with Crippen LogP contribution in [0, 0.1) is 13.7 Å². The van der Waals surface area contributed by atoms with E-state index in [0.717, 1.165) is 26.3 Å². The number of amidine groups is 1. The summed E-state index contributed by atoms with van der Waals surface area (Å²) in [6, 6.07) is 24.3. The predicted molar refractivity (Wildman–Crippen MR) is 112 cm³/mol. The molecule has 0 spiro atoms. The van der Waals surface area contributed by atoms with Gasteiger partial charge in [-0.2, -0.15) is 5.43 Å². The van der Waals surface area contributed by atoms with Crippen LogP contribution in [-0.4, -0.2) is 10.8 Å². The monoisotopic (exact) mass is 507 g/mol. The molecule has 7 nitrogen and oxygen atoms in total. The SMILES string of the molecule is O=[N+]([O-])c1ccc(C2=NN(c3ccccc3)N(c3ccccc3I)[NH2+]2)cc1.[Cl-]. The number of non-ortho nitro benzene ring substituents is 1. The van der Waals surface area contributed by atoms with Gasteiger partial charge >= 0.3 is 0 Å². The summed E-state index contributed by atoms with van der Waals surface area (Å²) >= 11 is 2.30. The summed E-state index contributed by atoms with van der Waals surface area (Å²) < 4.78 is 1.09. The zero-order valence-corrected chi connectivity index (χ0v) is 17.4. The average molecular weight is 508 g/mol. The molecule has 1 aliphatic heterocycles. The lowest BCUT2D eigenvalue weighted by Gasteiger charge is -2.24. The number of quaternary nitrogens is 1. The molecule has 1 aliphatic rings. The van der Waals surface area contributed by atoms with Crippen LogP contribution >= 0.6 is 22.6 Å². The molecule has 0 radical (unpaired) electrons. The molecule has 0 bridgehead atoms. The summed E-state index contributed by atoms with van der Waals surface area (Å²) in [6.45, 7) is 0. The molecule has 0 amide bonds. The molecule has 0 aliphatic carbocycles. The molecule has 9 heteroatoms. The molecule has 3 aromatic rings. The Bertz CT molecular complexity index is 1010. The van der Waals surface area contributed by atoms with E-state index < -0.39 is 4.92 Å². The van der Waals surface area contributed by atoms with Gasteiger partial charge in [-0.1, -0.05) is 35.4 Å². The second-order valence-corrected chi connectivity index (χ2v) is 7.00. The van der Waals surface area contributed by atoms with Crippen molar-refractivity contribution in [1.82, 2.24) is 0 Å². The van der Waals surface area contributed by atoms with Crippen LogP contribution in [0.1, 0.15) is 5.56 Å². The Kier molecular flexibility index (Phi) is 6.12. The van der Waals surface area contributed by atoms with Crippen LogP contribution in [0.2, 0.25) is 0 Å². The van der Waals surface area contributed by atoms with Gasteiger partial charge in [0.05, 0.1) is 16.2 Å². The highest BCUT2D eigenvalue weighted by atomic mass is 127. The Morgan fingerprint density at radius 3 is 2.21 bits per heavy atom. The number of benzene rings is 3. The van der Waals surface area contributed by atoms with E-state index in [1.165, 1.54) is 12.1 Å². The van der Waals surface area contributed by atoms with Crippen molar-refractivity contribution in [3.05, 3.63) is 98.1 Å². The van der Waals surface area contributed by atoms with E-state index in [1.807, 2.05) is 70.3 Å². The topological polar surface area (TPSA) is 78.6 Å². The second kappa shape index (κ2) is 8.55. The summed E-state index contributed by atoms with van der Waals surface area (Å²) in [6.07, 6.45) is 0. The maximum Gasteiger partial charge on any atom is 0.277 e. The number of rotatable bonds is 4. The number of halogens is 2. The van der Waals surface area contributed by atoms with Gasteiger partial charge in [-0.3, -0.25) is 10.1 Å². The molecule has 4 rings (SSSR count). The van der Waals surface area contributed by atoms with Gasteiger partial charge in [-0.15, -0.1) is 10.2 Å². The second-order valence-electron chi connectivity index (χ2n) is 5.84. The number of para-hydroxylation sites is 2. The smallest absolute Gasteiger partial charge is 0.277 e. The first-order chi connectivity index (χ1) is 13.1. The van der Waals surface area contributed by atoms with Gasteiger partial charge in [0.15, 0.2) is 0 Å². The zero-order chi connectivity index (χ0) is 18.8. The minimum absolute atomic E-state index is 0. The maximum atomic E-state index is 10.9. The van der Waals surface area contributed by atoms with Crippen molar-refractivity contribution in [2.24, 2.45) is 5.10 Å². The van der Waals surface area contributed by atoms with E-state index in [2.05, 4.69) is 22.6 Å². The van der Waals surface area contributed by atoms with E-state index in [4.69, 9.17) is 5.10 Å². The standard InChI is InChI=1S/C19H14IN5O2.ClH/c20-17-8-4-5-9-18(17)24-22-19(14-10-12-16(13-11-14)25(26)27)21-23(24)15-6-2-1-3-7-15;/h1-13H,(H,21,22);1H. The Hall–Kier alpha value is -2.69. The molecular weight excluding hydrogens is 493 g/mol. The van der Waals surface area contributed by atoms with Crippen LogP contribution in [0.5, 0.6) is 0 Å². The minimum Gasteiger partial charge on any atom is -1.00 e. The van der Waals surface area contributed by atoms with Crippen molar-refractivity contribution in [3.8, 4) is 0 Å². The molecule has 142 valence electrons. The van der Waals surface area contributed by atoms with Gasteiger partial charge in [0.1, 0.15) is 5.69 Å². The third-order valence-electron chi connectivity index (χ3n) is 4.11. The Labute approximate surface area is 181 Å². The molecule has 1 heterocycles. The molecule has 0 atom stereocenters. The molecular formula is C19H15ClIN5O2. The highest BCUT2D eigenvalue weighted by Crippen LogP contribution is 2.26. The fourth-order valence-electron chi connectivity index (χ4n) is 2.79.